The standard InChI is InChI=1S/C21H35NO/c1-3-5-6-7-8-9-16-23-20-14-12-19(13-15-20)21(4-2)22-17-18-10-11-18/h12-15,18,21-22H,3-11,16-17H2,1-2H3. The predicted molar refractivity (Wildman–Crippen MR) is 99.1 cm³/mol. The van der Waals surface area contributed by atoms with E-state index >= 15 is 0 Å². The lowest BCUT2D eigenvalue weighted by molar-refractivity contribution is 0.304. The molecule has 0 saturated heterocycles. The Morgan fingerprint density at radius 2 is 1.70 bits per heavy atom. The average Bonchev–Trinajstić information content (AvgIpc) is 3.40. The molecule has 1 aliphatic carbocycles. The molecule has 1 aromatic rings. The molecule has 130 valence electrons. The summed E-state index contributed by atoms with van der Waals surface area (Å²) >= 11 is 0. The fraction of sp³-hybridized carbons (Fsp3) is 0.714. The third-order valence-corrected chi connectivity index (χ3v) is 4.81. The van der Waals surface area contributed by atoms with Gasteiger partial charge in [0.25, 0.3) is 0 Å². The monoisotopic (exact) mass is 317 g/mol. The molecular formula is C21H35NO. The van der Waals surface area contributed by atoms with E-state index in [-0.39, 0.29) is 0 Å². The van der Waals surface area contributed by atoms with Gasteiger partial charge in [0.1, 0.15) is 5.75 Å². The van der Waals surface area contributed by atoms with Gasteiger partial charge >= 0.3 is 0 Å². The molecule has 0 spiro atoms. The van der Waals surface area contributed by atoms with Crippen molar-refractivity contribution in [1.29, 1.82) is 0 Å². The van der Waals surface area contributed by atoms with E-state index in [0.717, 1.165) is 24.7 Å². The van der Waals surface area contributed by atoms with Crippen LogP contribution in [0.3, 0.4) is 0 Å². The summed E-state index contributed by atoms with van der Waals surface area (Å²) in [6, 6.07) is 9.21. The molecule has 0 aromatic heterocycles. The minimum atomic E-state index is 0.489. The Morgan fingerprint density at radius 1 is 1.00 bits per heavy atom. The molecule has 0 heterocycles. The Hall–Kier alpha value is -1.02. The van der Waals surface area contributed by atoms with Crippen LogP contribution in [-0.4, -0.2) is 13.2 Å². The molecule has 0 radical (unpaired) electrons. The van der Waals surface area contributed by atoms with Crippen molar-refractivity contribution in [1.82, 2.24) is 5.32 Å². The smallest absolute Gasteiger partial charge is 0.119 e. The van der Waals surface area contributed by atoms with Gasteiger partial charge in [0.2, 0.25) is 0 Å². The average molecular weight is 318 g/mol. The number of hydrogen-bond donors (Lipinski definition) is 1. The van der Waals surface area contributed by atoms with Crippen LogP contribution in [0.4, 0.5) is 0 Å². The zero-order chi connectivity index (χ0) is 16.3. The first kappa shape index (κ1) is 18.3. The molecule has 1 saturated carbocycles. The highest BCUT2D eigenvalue weighted by atomic mass is 16.5. The van der Waals surface area contributed by atoms with Crippen molar-refractivity contribution in [3.05, 3.63) is 29.8 Å². The van der Waals surface area contributed by atoms with Crippen molar-refractivity contribution in [2.45, 2.75) is 77.7 Å². The van der Waals surface area contributed by atoms with Crippen molar-refractivity contribution >= 4 is 0 Å². The van der Waals surface area contributed by atoms with E-state index in [0.29, 0.717) is 6.04 Å². The summed E-state index contributed by atoms with van der Waals surface area (Å²) in [4.78, 5) is 0. The van der Waals surface area contributed by atoms with Crippen LogP contribution in [-0.2, 0) is 0 Å². The molecule has 0 bridgehead atoms. The molecule has 2 rings (SSSR count). The lowest BCUT2D eigenvalue weighted by Gasteiger charge is -2.18. The second-order valence-corrected chi connectivity index (χ2v) is 7.00. The maximum Gasteiger partial charge on any atom is 0.119 e. The lowest BCUT2D eigenvalue weighted by atomic mass is 10.0. The molecule has 1 fully saturated rings. The summed E-state index contributed by atoms with van der Waals surface area (Å²) in [5.41, 5.74) is 1.39. The number of rotatable bonds is 13. The molecule has 2 nitrogen and oxygen atoms in total. The van der Waals surface area contributed by atoms with Gasteiger partial charge in [0.15, 0.2) is 0 Å². The second-order valence-electron chi connectivity index (χ2n) is 7.00. The summed E-state index contributed by atoms with van der Waals surface area (Å²) in [6.07, 6.45) is 11.8. The topological polar surface area (TPSA) is 21.3 Å². The largest absolute Gasteiger partial charge is 0.494 e. The van der Waals surface area contributed by atoms with Crippen molar-refractivity contribution in [3.8, 4) is 5.75 Å². The van der Waals surface area contributed by atoms with Crippen LogP contribution in [0.25, 0.3) is 0 Å². The highest BCUT2D eigenvalue weighted by Gasteiger charge is 2.22. The normalized spacial score (nSPS) is 15.6. The summed E-state index contributed by atoms with van der Waals surface area (Å²) in [6.45, 7) is 6.54. The fourth-order valence-corrected chi connectivity index (χ4v) is 3.00. The maximum atomic E-state index is 5.87. The Kier molecular flexibility index (Phi) is 8.52. The van der Waals surface area contributed by atoms with E-state index in [1.807, 2.05) is 0 Å². The highest BCUT2D eigenvalue weighted by Crippen LogP contribution is 2.29. The molecule has 23 heavy (non-hydrogen) atoms. The van der Waals surface area contributed by atoms with E-state index in [1.165, 1.54) is 63.5 Å². The van der Waals surface area contributed by atoms with Gasteiger partial charge in [-0.15, -0.1) is 0 Å². The Bertz CT molecular complexity index is 410. The van der Waals surface area contributed by atoms with Gasteiger partial charge < -0.3 is 10.1 Å². The van der Waals surface area contributed by atoms with Crippen molar-refractivity contribution < 1.29 is 4.74 Å². The lowest BCUT2D eigenvalue weighted by Crippen LogP contribution is -2.22. The molecule has 0 amide bonds. The fourth-order valence-electron chi connectivity index (χ4n) is 3.00. The molecule has 1 N–H and O–H groups in total. The van der Waals surface area contributed by atoms with Crippen LogP contribution in [0.15, 0.2) is 24.3 Å². The van der Waals surface area contributed by atoms with Crippen LogP contribution in [0.2, 0.25) is 0 Å². The van der Waals surface area contributed by atoms with Crippen molar-refractivity contribution in [2.24, 2.45) is 5.92 Å². The first-order valence-electron chi connectivity index (χ1n) is 9.79. The van der Waals surface area contributed by atoms with Crippen LogP contribution < -0.4 is 10.1 Å². The molecule has 1 unspecified atom stereocenters. The first-order chi connectivity index (χ1) is 11.3. The Morgan fingerprint density at radius 3 is 2.35 bits per heavy atom. The number of unbranched alkanes of at least 4 members (excludes halogenated alkanes) is 5. The summed E-state index contributed by atoms with van der Waals surface area (Å²) in [5, 5.41) is 3.70. The van der Waals surface area contributed by atoms with Gasteiger partial charge in [-0.2, -0.15) is 0 Å². The molecule has 1 aliphatic rings. The third kappa shape index (κ3) is 7.39. The minimum Gasteiger partial charge on any atom is -0.494 e. The Labute approximate surface area is 143 Å². The van der Waals surface area contributed by atoms with E-state index in [1.54, 1.807) is 0 Å². The first-order valence-corrected chi connectivity index (χ1v) is 9.79. The SMILES string of the molecule is CCCCCCCCOc1ccc(C(CC)NCC2CC2)cc1. The van der Waals surface area contributed by atoms with E-state index in [9.17, 15) is 0 Å². The van der Waals surface area contributed by atoms with E-state index < -0.39 is 0 Å². The number of nitrogens with one attached hydrogen (secondary N) is 1. The molecule has 2 heteroatoms. The summed E-state index contributed by atoms with van der Waals surface area (Å²) < 4.78 is 5.87. The number of ether oxygens (including phenoxy) is 1. The van der Waals surface area contributed by atoms with Gasteiger partial charge in [-0.3, -0.25) is 0 Å². The van der Waals surface area contributed by atoms with Gasteiger partial charge in [0.05, 0.1) is 6.61 Å². The van der Waals surface area contributed by atoms with Crippen molar-refractivity contribution in [3.63, 3.8) is 0 Å². The van der Waals surface area contributed by atoms with Gasteiger partial charge in [-0.1, -0.05) is 58.1 Å². The minimum absolute atomic E-state index is 0.489. The zero-order valence-electron chi connectivity index (χ0n) is 15.2. The summed E-state index contributed by atoms with van der Waals surface area (Å²) in [7, 11) is 0. The van der Waals surface area contributed by atoms with E-state index in [4.69, 9.17) is 4.74 Å². The predicted octanol–water partition coefficient (Wildman–Crippen LogP) is 5.88. The second kappa shape index (κ2) is 10.7. The third-order valence-electron chi connectivity index (χ3n) is 4.81. The summed E-state index contributed by atoms with van der Waals surface area (Å²) in [5.74, 6) is 1.95. The van der Waals surface area contributed by atoms with Crippen LogP contribution in [0.5, 0.6) is 5.75 Å². The van der Waals surface area contributed by atoms with Crippen LogP contribution in [0, 0.1) is 5.92 Å². The van der Waals surface area contributed by atoms with Crippen LogP contribution >= 0.6 is 0 Å². The van der Waals surface area contributed by atoms with Gasteiger partial charge in [-0.05, 0) is 55.8 Å². The Balaban J connectivity index is 1.64. The molecule has 1 aromatic carbocycles. The van der Waals surface area contributed by atoms with Gasteiger partial charge in [0, 0.05) is 6.04 Å². The number of hydrogen-bond acceptors (Lipinski definition) is 2. The van der Waals surface area contributed by atoms with E-state index in [2.05, 4.69) is 43.4 Å². The molecular weight excluding hydrogens is 282 g/mol. The molecule has 0 aliphatic heterocycles. The van der Waals surface area contributed by atoms with Crippen molar-refractivity contribution in [2.75, 3.05) is 13.2 Å². The van der Waals surface area contributed by atoms with Crippen LogP contribution in [0.1, 0.15) is 83.2 Å². The zero-order valence-corrected chi connectivity index (χ0v) is 15.2. The van der Waals surface area contributed by atoms with Gasteiger partial charge in [-0.25, -0.2) is 0 Å². The quantitative estimate of drug-likeness (QED) is 0.459. The maximum absolute atomic E-state index is 5.87. The highest BCUT2D eigenvalue weighted by molar-refractivity contribution is 5.29. The number of benzene rings is 1. The molecule has 1 atom stereocenters.